The van der Waals surface area contributed by atoms with Crippen LogP contribution in [0.3, 0.4) is 0 Å². The van der Waals surface area contributed by atoms with Crippen LogP contribution in [0.15, 0.2) is 63.6 Å². The standard InChI is InChI=1S/C30H32FN3O6S/c1-16(2)14-39-19-10-11-20(21(31)12-19)27-28-22(13-30(5,6)15-41(28,37)38)33-26-23(8-7-9-24(26)35)34(27)29(36)25-17(3)40-18(4)32-25/h7-12,27,33,35H,1,13-15H2,2-6H3/t27-/m1/s1. The molecule has 2 aromatic carbocycles. The molecule has 2 N–H and O–H groups in total. The van der Waals surface area contributed by atoms with Crippen LogP contribution in [-0.4, -0.2) is 36.8 Å². The Balaban J connectivity index is 1.82. The van der Waals surface area contributed by atoms with E-state index in [1.807, 2.05) is 13.8 Å². The zero-order valence-corrected chi connectivity index (χ0v) is 24.4. The summed E-state index contributed by atoms with van der Waals surface area (Å²) in [6.07, 6.45) is 0.275. The summed E-state index contributed by atoms with van der Waals surface area (Å²) >= 11 is 0. The number of carbonyl (C=O) groups excluding carboxylic acids is 1. The van der Waals surface area contributed by atoms with Crippen LogP contribution in [0.4, 0.5) is 15.8 Å². The number of carbonyl (C=O) groups is 1. The van der Waals surface area contributed by atoms with E-state index in [1.54, 1.807) is 26.8 Å². The summed E-state index contributed by atoms with van der Waals surface area (Å²) in [5.41, 5.74) is 0.514. The fourth-order valence-electron chi connectivity index (χ4n) is 5.48. The first-order chi connectivity index (χ1) is 19.2. The number of amides is 1. The topological polar surface area (TPSA) is 122 Å². The summed E-state index contributed by atoms with van der Waals surface area (Å²) < 4.78 is 55.3. The number of phenols is 1. The zero-order valence-electron chi connectivity index (χ0n) is 23.5. The van der Waals surface area contributed by atoms with Crippen LogP contribution in [0.25, 0.3) is 0 Å². The third kappa shape index (κ3) is 5.21. The predicted molar refractivity (Wildman–Crippen MR) is 153 cm³/mol. The van der Waals surface area contributed by atoms with E-state index in [1.165, 1.54) is 29.2 Å². The molecule has 0 fully saturated rings. The van der Waals surface area contributed by atoms with Crippen LogP contribution in [0.5, 0.6) is 11.5 Å². The van der Waals surface area contributed by atoms with E-state index in [4.69, 9.17) is 9.15 Å². The number of aryl methyl sites for hydroxylation is 2. The predicted octanol–water partition coefficient (Wildman–Crippen LogP) is 5.96. The van der Waals surface area contributed by atoms with Gasteiger partial charge in [0.1, 0.15) is 41.4 Å². The van der Waals surface area contributed by atoms with E-state index in [0.29, 0.717) is 0 Å². The average Bonchev–Trinajstić information content (AvgIpc) is 3.11. The number of nitrogens with one attached hydrogen (secondary N) is 1. The molecule has 0 spiro atoms. The molecule has 0 saturated carbocycles. The van der Waals surface area contributed by atoms with E-state index in [2.05, 4.69) is 16.9 Å². The molecule has 1 aromatic heterocycles. The number of oxazole rings is 1. The molecule has 216 valence electrons. The largest absolute Gasteiger partial charge is 0.506 e. The van der Waals surface area contributed by atoms with Gasteiger partial charge in [0.25, 0.3) is 5.91 Å². The maximum absolute atomic E-state index is 16.1. The molecule has 9 nitrogen and oxygen atoms in total. The monoisotopic (exact) mass is 581 g/mol. The van der Waals surface area contributed by atoms with Crippen LogP contribution in [0.2, 0.25) is 0 Å². The number of ether oxygens (including phenoxy) is 1. The fraction of sp³-hybridized carbons (Fsp3) is 0.333. The number of fused-ring (bicyclic) bond motifs is 1. The van der Waals surface area contributed by atoms with E-state index in [-0.39, 0.29) is 75.2 Å². The normalized spacial score (nSPS) is 19.1. The Morgan fingerprint density at radius 3 is 2.66 bits per heavy atom. The van der Waals surface area contributed by atoms with Gasteiger partial charge in [-0.05, 0) is 55.5 Å². The number of benzene rings is 2. The molecular weight excluding hydrogens is 549 g/mol. The second-order valence-electron chi connectivity index (χ2n) is 11.4. The number of para-hydroxylation sites is 1. The summed E-state index contributed by atoms with van der Waals surface area (Å²) in [7, 11) is -4.06. The molecule has 2 aliphatic rings. The summed E-state index contributed by atoms with van der Waals surface area (Å²) in [4.78, 5) is 19.6. The highest BCUT2D eigenvalue weighted by atomic mass is 32.2. The maximum Gasteiger partial charge on any atom is 0.281 e. The van der Waals surface area contributed by atoms with Crippen LogP contribution >= 0.6 is 0 Å². The van der Waals surface area contributed by atoms with E-state index in [0.717, 1.165) is 11.6 Å². The van der Waals surface area contributed by atoms with Crippen LogP contribution in [0, 0.1) is 25.1 Å². The smallest absolute Gasteiger partial charge is 0.281 e. The van der Waals surface area contributed by atoms with Gasteiger partial charge < -0.3 is 19.6 Å². The fourth-order valence-corrected chi connectivity index (χ4v) is 7.83. The number of sulfone groups is 1. The maximum atomic E-state index is 16.1. The number of halogens is 1. The Morgan fingerprint density at radius 1 is 1.29 bits per heavy atom. The zero-order chi connectivity index (χ0) is 29.9. The van der Waals surface area contributed by atoms with Gasteiger partial charge in [0.05, 0.1) is 16.3 Å². The molecule has 0 radical (unpaired) electrons. The second kappa shape index (κ2) is 10.1. The summed E-state index contributed by atoms with van der Waals surface area (Å²) in [6.45, 7) is 12.5. The second-order valence-corrected chi connectivity index (χ2v) is 13.3. The van der Waals surface area contributed by atoms with E-state index >= 15 is 4.39 Å². The van der Waals surface area contributed by atoms with Gasteiger partial charge in [-0.3, -0.25) is 9.69 Å². The minimum atomic E-state index is -4.06. The Bertz CT molecular complexity index is 1720. The van der Waals surface area contributed by atoms with Crippen molar-refractivity contribution in [1.29, 1.82) is 0 Å². The lowest BCUT2D eigenvalue weighted by atomic mass is 9.88. The lowest BCUT2D eigenvalue weighted by Gasteiger charge is -2.37. The van der Waals surface area contributed by atoms with Crippen molar-refractivity contribution in [2.24, 2.45) is 5.41 Å². The molecule has 0 aliphatic carbocycles. The molecule has 3 aromatic rings. The van der Waals surface area contributed by atoms with Crippen molar-refractivity contribution in [3.8, 4) is 11.5 Å². The molecule has 41 heavy (non-hydrogen) atoms. The summed E-state index contributed by atoms with van der Waals surface area (Å²) in [5.74, 6) is -1.22. The highest BCUT2D eigenvalue weighted by molar-refractivity contribution is 7.95. The number of anilines is 2. The van der Waals surface area contributed by atoms with Gasteiger partial charge in [-0.25, -0.2) is 17.8 Å². The van der Waals surface area contributed by atoms with Crippen LogP contribution in [0.1, 0.15) is 60.9 Å². The Labute approximate surface area is 238 Å². The summed E-state index contributed by atoms with van der Waals surface area (Å²) in [6, 6.07) is 7.20. The van der Waals surface area contributed by atoms with Gasteiger partial charge in [-0.15, -0.1) is 0 Å². The number of hydrogen-bond donors (Lipinski definition) is 2. The minimum Gasteiger partial charge on any atom is -0.506 e. The molecule has 0 bridgehead atoms. The van der Waals surface area contributed by atoms with Crippen molar-refractivity contribution >= 4 is 27.1 Å². The molecule has 0 saturated heterocycles. The molecule has 11 heteroatoms. The van der Waals surface area contributed by atoms with Crippen molar-refractivity contribution in [3.05, 3.63) is 87.9 Å². The number of hydrogen-bond acceptors (Lipinski definition) is 8. The SMILES string of the molecule is C=C(C)COc1ccc([C@@H]2C3=C(CC(C)(C)CS3(=O)=O)Nc3c(O)cccc3N2C(=O)c2nc(C)oc2C)c(F)c1. The number of rotatable bonds is 5. The van der Waals surface area contributed by atoms with Gasteiger partial charge in [0.2, 0.25) is 0 Å². The quantitative estimate of drug-likeness (QED) is 0.280. The molecular formula is C30H32FN3O6S. The van der Waals surface area contributed by atoms with Crippen molar-refractivity contribution < 1.29 is 31.9 Å². The first kappa shape index (κ1) is 28.4. The average molecular weight is 582 g/mol. The lowest BCUT2D eigenvalue weighted by molar-refractivity contribution is 0.0974. The Morgan fingerprint density at radius 2 is 2.02 bits per heavy atom. The summed E-state index contributed by atoms with van der Waals surface area (Å²) in [5, 5.41) is 14.0. The van der Waals surface area contributed by atoms with Gasteiger partial charge in [-0.1, -0.05) is 26.5 Å². The number of aromatic hydroxyl groups is 1. The van der Waals surface area contributed by atoms with E-state index < -0.39 is 33.0 Å². The number of phenolic OH excluding ortho intramolecular Hbond substituents is 1. The van der Waals surface area contributed by atoms with Crippen molar-refractivity contribution in [3.63, 3.8) is 0 Å². The van der Waals surface area contributed by atoms with Crippen molar-refractivity contribution in [2.75, 3.05) is 22.6 Å². The number of aromatic nitrogens is 1. The van der Waals surface area contributed by atoms with Crippen LogP contribution in [-0.2, 0) is 9.84 Å². The van der Waals surface area contributed by atoms with Crippen molar-refractivity contribution in [2.45, 2.75) is 47.1 Å². The first-order valence-electron chi connectivity index (χ1n) is 13.1. The van der Waals surface area contributed by atoms with Crippen molar-refractivity contribution in [1.82, 2.24) is 4.98 Å². The van der Waals surface area contributed by atoms with E-state index in [9.17, 15) is 18.3 Å². The highest BCUT2D eigenvalue weighted by Crippen LogP contribution is 2.52. The molecule has 2 aliphatic heterocycles. The number of nitrogens with zero attached hydrogens (tertiary/aromatic N) is 2. The Hall–Kier alpha value is -4.12. The molecule has 5 rings (SSSR count). The van der Waals surface area contributed by atoms with Gasteiger partial charge in [0, 0.05) is 24.3 Å². The van der Waals surface area contributed by atoms with Crippen LogP contribution < -0.4 is 15.0 Å². The lowest BCUT2D eigenvalue weighted by Crippen LogP contribution is -2.41. The molecule has 0 unspecified atom stereocenters. The third-order valence-corrected chi connectivity index (χ3v) is 9.31. The molecule has 3 heterocycles. The van der Waals surface area contributed by atoms with Gasteiger partial charge in [0.15, 0.2) is 21.4 Å². The van der Waals surface area contributed by atoms with Gasteiger partial charge >= 0.3 is 0 Å². The number of allylic oxidation sites excluding steroid dienone is 1. The highest BCUT2D eigenvalue weighted by Gasteiger charge is 2.48. The minimum absolute atomic E-state index is 0.0544. The molecule has 1 amide bonds. The first-order valence-corrected chi connectivity index (χ1v) is 14.7. The molecule has 1 atom stereocenters. The third-order valence-electron chi connectivity index (χ3n) is 7.01. The van der Waals surface area contributed by atoms with Gasteiger partial charge in [-0.2, -0.15) is 0 Å². The Kier molecular flexibility index (Phi) is 6.97.